The minimum atomic E-state index is 0.0557. The predicted molar refractivity (Wildman–Crippen MR) is 85.9 cm³/mol. The topological polar surface area (TPSA) is 51.0 Å². The fraction of sp³-hybridized carbons (Fsp3) is 0.647. The van der Waals surface area contributed by atoms with Gasteiger partial charge in [-0.25, -0.2) is 4.98 Å². The number of hydrogen-bond donors (Lipinski definition) is 1. The second-order valence-electron chi connectivity index (χ2n) is 7.83. The number of hydrogen-bond acceptors (Lipinski definition) is 3. The Morgan fingerprint density at radius 2 is 1.91 bits per heavy atom. The molecule has 0 saturated heterocycles. The summed E-state index contributed by atoms with van der Waals surface area (Å²) in [7, 11) is 0. The van der Waals surface area contributed by atoms with Crippen molar-refractivity contribution >= 4 is 16.3 Å². The van der Waals surface area contributed by atoms with Crippen molar-refractivity contribution in [1.82, 2.24) is 9.38 Å². The molecule has 2 aromatic heterocycles. The first kappa shape index (κ1) is 13.3. The van der Waals surface area contributed by atoms with E-state index in [0.717, 1.165) is 35.0 Å². The van der Waals surface area contributed by atoms with Gasteiger partial charge in [0.1, 0.15) is 12.2 Å². The molecule has 2 aromatic rings. The van der Waals surface area contributed by atoms with E-state index in [9.17, 15) is 4.79 Å². The molecule has 4 nitrogen and oxygen atoms in total. The summed E-state index contributed by atoms with van der Waals surface area (Å²) in [6, 6.07) is 1.72. The van der Waals surface area contributed by atoms with Crippen molar-refractivity contribution in [3.05, 3.63) is 33.7 Å². The number of fused-ring (bicyclic) bond motifs is 1. The highest BCUT2D eigenvalue weighted by atomic mass is 32.1. The standard InChI is InChI=1S/C17H21N3OS/c21-15-6-14(19-16-20(15)1-2-22-16)10-18-17-7-11-3-12(8-17)5-13(4-11)9-17/h1-2,6,11-13,18H,3-5,7-10H2/p+1. The van der Waals surface area contributed by atoms with Crippen LogP contribution in [0.4, 0.5) is 0 Å². The van der Waals surface area contributed by atoms with Gasteiger partial charge in [-0.3, -0.25) is 9.20 Å². The minimum Gasteiger partial charge on any atom is -0.336 e. The van der Waals surface area contributed by atoms with Gasteiger partial charge >= 0.3 is 0 Å². The van der Waals surface area contributed by atoms with Crippen LogP contribution in [-0.2, 0) is 6.54 Å². The second-order valence-corrected chi connectivity index (χ2v) is 8.70. The maximum atomic E-state index is 12.1. The molecule has 0 atom stereocenters. The van der Waals surface area contributed by atoms with Gasteiger partial charge in [-0.1, -0.05) is 0 Å². The highest BCUT2D eigenvalue weighted by Crippen LogP contribution is 2.54. The first-order valence-electron chi connectivity index (χ1n) is 8.49. The Morgan fingerprint density at radius 3 is 2.59 bits per heavy atom. The van der Waals surface area contributed by atoms with Crippen molar-refractivity contribution in [2.45, 2.75) is 50.6 Å². The molecular weight excluding hydrogens is 294 g/mol. The molecule has 0 unspecified atom stereocenters. The van der Waals surface area contributed by atoms with Gasteiger partial charge in [-0.2, -0.15) is 0 Å². The predicted octanol–water partition coefficient (Wildman–Crippen LogP) is 1.79. The number of quaternary nitrogens is 1. The third kappa shape index (κ3) is 2.06. The van der Waals surface area contributed by atoms with Gasteiger partial charge in [0.25, 0.3) is 5.56 Å². The first-order valence-corrected chi connectivity index (χ1v) is 9.37. The molecule has 22 heavy (non-hydrogen) atoms. The molecule has 4 saturated carbocycles. The van der Waals surface area contributed by atoms with Crippen LogP contribution in [0.15, 0.2) is 22.4 Å². The molecule has 6 rings (SSSR count). The molecule has 4 aliphatic carbocycles. The summed E-state index contributed by atoms with van der Waals surface area (Å²) in [5, 5.41) is 4.46. The molecule has 2 N–H and O–H groups in total. The van der Waals surface area contributed by atoms with Gasteiger partial charge in [0.2, 0.25) is 0 Å². The van der Waals surface area contributed by atoms with Gasteiger partial charge in [-0.05, 0) is 37.0 Å². The third-order valence-corrected chi connectivity index (χ3v) is 6.94. The zero-order chi connectivity index (χ0) is 14.7. The number of rotatable bonds is 3. The minimum absolute atomic E-state index is 0.0557. The van der Waals surface area contributed by atoms with Crippen molar-refractivity contribution in [2.75, 3.05) is 0 Å². The molecular formula is C17H22N3OS+. The van der Waals surface area contributed by atoms with Crippen molar-refractivity contribution < 1.29 is 5.32 Å². The molecule has 116 valence electrons. The Balaban J connectivity index is 1.39. The van der Waals surface area contributed by atoms with E-state index in [4.69, 9.17) is 0 Å². The summed E-state index contributed by atoms with van der Waals surface area (Å²) in [5.41, 5.74) is 1.46. The van der Waals surface area contributed by atoms with Crippen LogP contribution in [0.1, 0.15) is 44.2 Å². The Hall–Kier alpha value is -1.20. The maximum absolute atomic E-state index is 12.1. The van der Waals surface area contributed by atoms with Crippen molar-refractivity contribution in [3.63, 3.8) is 0 Å². The Bertz CT molecular complexity index is 742. The highest BCUT2D eigenvalue weighted by Gasteiger charge is 2.53. The Morgan fingerprint density at radius 1 is 1.23 bits per heavy atom. The van der Waals surface area contributed by atoms with Crippen LogP contribution in [0.25, 0.3) is 4.96 Å². The zero-order valence-corrected chi connectivity index (χ0v) is 13.5. The summed E-state index contributed by atoms with van der Waals surface area (Å²) >= 11 is 1.54. The van der Waals surface area contributed by atoms with Crippen LogP contribution in [0, 0.1) is 17.8 Å². The molecule has 4 fully saturated rings. The first-order chi connectivity index (χ1) is 10.7. The highest BCUT2D eigenvalue weighted by molar-refractivity contribution is 7.15. The number of thiazole rings is 1. The average Bonchev–Trinajstić information content (AvgIpc) is 2.93. The molecule has 4 aliphatic rings. The second kappa shape index (κ2) is 4.65. The van der Waals surface area contributed by atoms with Crippen LogP contribution in [0.5, 0.6) is 0 Å². The summed E-state index contributed by atoms with van der Waals surface area (Å²) in [6.45, 7) is 0.857. The van der Waals surface area contributed by atoms with Crippen LogP contribution in [0.2, 0.25) is 0 Å². The SMILES string of the molecule is O=c1cc(C[NH2+]C23CC4CC(CC(C4)C2)C3)nc2sccn12. The Kier molecular flexibility index (Phi) is 2.80. The van der Waals surface area contributed by atoms with Gasteiger partial charge in [-0.15, -0.1) is 11.3 Å². The zero-order valence-electron chi connectivity index (χ0n) is 12.7. The van der Waals surface area contributed by atoms with E-state index in [-0.39, 0.29) is 5.56 Å². The summed E-state index contributed by atoms with van der Waals surface area (Å²) < 4.78 is 1.64. The van der Waals surface area contributed by atoms with E-state index in [1.165, 1.54) is 49.9 Å². The van der Waals surface area contributed by atoms with Crippen molar-refractivity contribution in [1.29, 1.82) is 0 Å². The normalized spacial score (nSPS) is 36.3. The molecule has 0 aromatic carbocycles. The molecule has 2 heterocycles. The molecule has 4 bridgehead atoms. The lowest BCUT2D eigenvalue weighted by Crippen LogP contribution is -2.97. The van der Waals surface area contributed by atoms with E-state index < -0.39 is 0 Å². The monoisotopic (exact) mass is 316 g/mol. The number of nitrogens with two attached hydrogens (primary N) is 1. The van der Waals surface area contributed by atoms with Gasteiger partial charge in [0.15, 0.2) is 4.96 Å². The van der Waals surface area contributed by atoms with Crippen LogP contribution in [0.3, 0.4) is 0 Å². The fourth-order valence-electron chi connectivity index (χ4n) is 5.74. The van der Waals surface area contributed by atoms with Crippen LogP contribution >= 0.6 is 11.3 Å². The van der Waals surface area contributed by atoms with Gasteiger partial charge in [0.05, 0.1) is 5.54 Å². The van der Waals surface area contributed by atoms with Gasteiger partial charge in [0, 0.05) is 36.9 Å². The number of aromatic nitrogens is 2. The molecule has 0 radical (unpaired) electrons. The Labute approximate surface area is 133 Å². The lowest BCUT2D eigenvalue weighted by molar-refractivity contribution is -0.753. The van der Waals surface area contributed by atoms with E-state index in [0.29, 0.717) is 5.54 Å². The molecule has 0 spiro atoms. The average molecular weight is 316 g/mol. The van der Waals surface area contributed by atoms with E-state index in [1.807, 2.05) is 11.6 Å². The lowest BCUT2D eigenvalue weighted by atomic mass is 9.53. The van der Waals surface area contributed by atoms with Crippen LogP contribution in [-0.4, -0.2) is 14.9 Å². The lowest BCUT2D eigenvalue weighted by Gasteiger charge is -2.54. The number of nitrogens with zero attached hydrogens (tertiary/aromatic N) is 2. The van der Waals surface area contributed by atoms with Crippen LogP contribution < -0.4 is 10.9 Å². The van der Waals surface area contributed by atoms with Crippen molar-refractivity contribution in [2.24, 2.45) is 17.8 Å². The van der Waals surface area contributed by atoms with Crippen molar-refractivity contribution in [3.8, 4) is 0 Å². The smallest absolute Gasteiger partial charge is 0.258 e. The maximum Gasteiger partial charge on any atom is 0.258 e. The fourth-order valence-corrected chi connectivity index (χ4v) is 6.48. The van der Waals surface area contributed by atoms with E-state index >= 15 is 0 Å². The van der Waals surface area contributed by atoms with E-state index in [2.05, 4.69) is 10.3 Å². The molecule has 0 amide bonds. The van der Waals surface area contributed by atoms with Gasteiger partial charge < -0.3 is 5.32 Å². The molecule has 0 aliphatic heterocycles. The summed E-state index contributed by atoms with van der Waals surface area (Å²) in [5.74, 6) is 2.92. The summed E-state index contributed by atoms with van der Waals surface area (Å²) in [6.07, 6.45) is 10.4. The molecule has 5 heteroatoms. The quantitative estimate of drug-likeness (QED) is 0.938. The van der Waals surface area contributed by atoms with E-state index in [1.54, 1.807) is 10.5 Å². The largest absolute Gasteiger partial charge is 0.336 e. The third-order valence-electron chi connectivity index (χ3n) is 6.19. The summed E-state index contributed by atoms with van der Waals surface area (Å²) in [4.78, 5) is 17.6.